The molecule has 3 nitrogen and oxygen atoms in total. The predicted octanol–water partition coefficient (Wildman–Crippen LogP) is 3.39. The Balaban J connectivity index is 2.04. The molecule has 5 heteroatoms. The van der Waals surface area contributed by atoms with Crippen LogP contribution in [0.25, 0.3) is 0 Å². The standard InChI is InChI=1S/C14H14FN3S/c1-2-13(14-17-5-6-19-14)18-9-11-4-3-10(8-16)7-12(11)15/h3-7,13,18H,2,9H2,1H3. The van der Waals surface area contributed by atoms with E-state index in [1.54, 1.807) is 29.7 Å². The van der Waals surface area contributed by atoms with E-state index in [9.17, 15) is 4.39 Å². The number of halogens is 1. The zero-order valence-electron chi connectivity index (χ0n) is 10.6. The Morgan fingerprint density at radius 1 is 1.53 bits per heavy atom. The second kappa shape index (κ2) is 6.41. The first-order chi connectivity index (χ1) is 9.24. The summed E-state index contributed by atoms with van der Waals surface area (Å²) in [6.07, 6.45) is 2.66. The van der Waals surface area contributed by atoms with E-state index in [2.05, 4.69) is 17.2 Å². The lowest BCUT2D eigenvalue weighted by molar-refractivity contribution is 0.502. The van der Waals surface area contributed by atoms with Crippen molar-refractivity contribution in [2.45, 2.75) is 25.9 Å². The van der Waals surface area contributed by atoms with Crippen molar-refractivity contribution >= 4 is 11.3 Å². The maximum absolute atomic E-state index is 13.7. The molecule has 1 unspecified atom stereocenters. The molecule has 0 saturated carbocycles. The smallest absolute Gasteiger partial charge is 0.129 e. The highest BCUT2D eigenvalue weighted by Gasteiger charge is 2.12. The molecule has 19 heavy (non-hydrogen) atoms. The summed E-state index contributed by atoms with van der Waals surface area (Å²) in [6, 6.07) is 6.60. The maximum atomic E-state index is 13.7. The van der Waals surface area contributed by atoms with Crippen molar-refractivity contribution in [1.82, 2.24) is 10.3 Å². The Hall–Kier alpha value is -1.77. The van der Waals surface area contributed by atoms with E-state index < -0.39 is 0 Å². The minimum atomic E-state index is -0.347. The van der Waals surface area contributed by atoms with Gasteiger partial charge in [0.1, 0.15) is 10.8 Å². The topological polar surface area (TPSA) is 48.7 Å². The van der Waals surface area contributed by atoms with E-state index in [4.69, 9.17) is 5.26 Å². The van der Waals surface area contributed by atoms with Gasteiger partial charge in [0, 0.05) is 23.7 Å². The third-order valence-corrected chi connectivity index (χ3v) is 3.77. The molecule has 0 aliphatic carbocycles. The third-order valence-electron chi connectivity index (χ3n) is 2.88. The highest BCUT2D eigenvalue weighted by atomic mass is 32.1. The van der Waals surface area contributed by atoms with Crippen LogP contribution in [-0.2, 0) is 6.54 Å². The highest BCUT2D eigenvalue weighted by molar-refractivity contribution is 7.09. The van der Waals surface area contributed by atoms with Gasteiger partial charge >= 0.3 is 0 Å². The molecule has 1 N–H and O–H groups in total. The summed E-state index contributed by atoms with van der Waals surface area (Å²) in [4.78, 5) is 4.27. The van der Waals surface area contributed by atoms with E-state index in [0.717, 1.165) is 11.4 Å². The SMILES string of the molecule is CCC(NCc1ccc(C#N)cc1F)c1nccs1. The van der Waals surface area contributed by atoms with Gasteiger partial charge in [0.05, 0.1) is 17.7 Å². The van der Waals surface area contributed by atoms with Gasteiger partial charge in [-0.05, 0) is 18.6 Å². The number of aromatic nitrogens is 1. The molecule has 2 rings (SSSR count). The summed E-state index contributed by atoms with van der Waals surface area (Å²) in [7, 11) is 0. The van der Waals surface area contributed by atoms with Gasteiger partial charge in [-0.2, -0.15) is 5.26 Å². The molecule has 0 amide bonds. The minimum Gasteiger partial charge on any atom is -0.304 e. The van der Waals surface area contributed by atoms with Crippen LogP contribution in [0.4, 0.5) is 4.39 Å². The molecule has 0 radical (unpaired) electrons. The molecule has 98 valence electrons. The van der Waals surface area contributed by atoms with Gasteiger partial charge in [-0.15, -0.1) is 11.3 Å². The normalized spacial score (nSPS) is 12.1. The first-order valence-electron chi connectivity index (χ1n) is 6.06. The van der Waals surface area contributed by atoms with Crippen molar-refractivity contribution in [2.75, 3.05) is 0 Å². The van der Waals surface area contributed by atoms with Gasteiger partial charge in [0.15, 0.2) is 0 Å². The molecule has 0 bridgehead atoms. The molecule has 0 fully saturated rings. The number of nitriles is 1. The molecule has 0 saturated heterocycles. The second-order valence-corrected chi connectivity index (χ2v) is 5.06. The van der Waals surface area contributed by atoms with Crippen LogP contribution in [-0.4, -0.2) is 4.98 Å². The summed E-state index contributed by atoms with van der Waals surface area (Å²) >= 11 is 1.59. The predicted molar refractivity (Wildman–Crippen MR) is 73.1 cm³/mol. The molecule has 2 aromatic rings. The van der Waals surface area contributed by atoms with Crippen LogP contribution in [0.2, 0.25) is 0 Å². The summed E-state index contributed by atoms with van der Waals surface area (Å²) in [5, 5.41) is 14.9. The summed E-state index contributed by atoms with van der Waals surface area (Å²) in [5.41, 5.74) is 0.905. The number of benzene rings is 1. The number of nitrogens with zero attached hydrogens (tertiary/aromatic N) is 2. The van der Waals surface area contributed by atoms with Crippen LogP contribution in [0, 0.1) is 17.1 Å². The van der Waals surface area contributed by atoms with Crippen molar-refractivity contribution in [2.24, 2.45) is 0 Å². The van der Waals surface area contributed by atoms with Crippen LogP contribution in [0.15, 0.2) is 29.8 Å². The van der Waals surface area contributed by atoms with Crippen molar-refractivity contribution in [3.05, 3.63) is 51.7 Å². The molecule has 1 aromatic heterocycles. The first-order valence-corrected chi connectivity index (χ1v) is 6.94. The van der Waals surface area contributed by atoms with Crippen LogP contribution in [0.3, 0.4) is 0 Å². The Morgan fingerprint density at radius 2 is 2.37 bits per heavy atom. The molecule has 0 aliphatic heterocycles. The minimum absolute atomic E-state index is 0.134. The van der Waals surface area contributed by atoms with Gasteiger partial charge in [-0.25, -0.2) is 9.37 Å². The summed E-state index contributed by atoms with van der Waals surface area (Å²) in [5.74, 6) is -0.347. The number of thiazole rings is 1. The van der Waals surface area contributed by atoms with E-state index in [1.807, 2.05) is 11.4 Å². The van der Waals surface area contributed by atoms with Crippen molar-refractivity contribution < 1.29 is 4.39 Å². The Morgan fingerprint density at radius 3 is 2.95 bits per heavy atom. The number of nitrogens with one attached hydrogen (secondary N) is 1. The Labute approximate surface area is 115 Å². The van der Waals surface area contributed by atoms with Crippen molar-refractivity contribution in [3.8, 4) is 6.07 Å². The average molecular weight is 275 g/mol. The number of rotatable bonds is 5. The third kappa shape index (κ3) is 3.37. The van der Waals surface area contributed by atoms with Crippen LogP contribution < -0.4 is 5.32 Å². The van der Waals surface area contributed by atoms with E-state index in [-0.39, 0.29) is 11.9 Å². The molecule has 0 aliphatic rings. The first kappa shape index (κ1) is 13.7. The van der Waals surface area contributed by atoms with Gasteiger partial charge in [-0.3, -0.25) is 0 Å². The van der Waals surface area contributed by atoms with Crippen LogP contribution in [0.1, 0.15) is 35.5 Å². The molecule has 1 heterocycles. The number of hydrogen-bond donors (Lipinski definition) is 1. The molecular weight excluding hydrogens is 261 g/mol. The Bertz CT molecular complexity index is 575. The average Bonchev–Trinajstić information content (AvgIpc) is 2.95. The lowest BCUT2D eigenvalue weighted by Gasteiger charge is -2.14. The van der Waals surface area contributed by atoms with Gasteiger partial charge in [0.25, 0.3) is 0 Å². The quantitative estimate of drug-likeness (QED) is 0.909. The van der Waals surface area contributed by atoms with Gasteiger partial charge < -0.3 is 5.32 Å². The van der Waals surface area contributed by atoms with E-state index in [1.165, 1.54) is 6.07 Å². The molecular formula is C14H14FN3S. The van der Waals surface area contributed by atoms with Crippen molar-refractivity contribution in [3.63, 3.8) is 0 Å². The van der Waals surface area contributed by atoms with E-state index >= 15 is 0 Å². The molecule has 0 spiro atoms. The summed E-state index contributed by atoms with van der Waals surface area (Å²) < 4.78 is 13.7. The summed E-state index contributed by atoms with van der Waals surface area (Å²) in [6.45, 7) is 2.49. The number of hydrogen-bond acceptors (Lipinski definition) is 4. The lowest BCUT2D eigenvalue weighted by atomic mass is 10.1. The van der Waals surface area contributed by atoms with Crippen molar-refractivity contribution in [1.29, 1.82) is 5.26 Å². The molecule has 1 aromatic carbocycles. The highest BCUT2D eigenvalue weighted by Crippen LogP contribution is 2.20. The maximum Gasteiger partial charge on any atom is 0.129 e. The van der Waals surface area contributed by atoms with Crippen LogP contribution in [0.5, 0.6) is 0 Å². The monoisotopic (exact) mass is 275 g/mol. The fourth-order valence-corrected chi connectivity index (χ4v) is 2.60. The lowest BCUT2D eigenvalue weighted by Crippen LogP contribution is -2.20. The van der Waals surface area contributed by atoms with Gasteiger partial charge in [-0.1, -0.05) is 13.0 Å². The van der Waals surface area contributed by atoms with Gasteiger partial charge in [0.2, 0.25) is 0 Å². The molecule has 1 atom stereocenters. The zero-order chi connectivity index (χ0) is 13.7. The van der Waals surface area contributed by atoms with Crippen LogP contribution >= 0.6 is 11.3 Å². The van der Waals surface area contributed by atoms with E-state index in [0.29, 0.717) is 17.7 Å². The zero-order valence-corrected chi connectivity index (χ0v) is 11.4. The fourth-order valence-electron chi connectivity index (χ4n) is 1.81. The second-order valence-electron chi connectivity index (χ2n) is 4.13. The Kier molecular flexibility index (Phi) is 4.61. The largest absolute Gasteiger partial charge is 0.304 e. The fraction of sp³-hybridized carbons (Fsp3) is 0.286.